The van der Waals surface area contributed by atoms with Crippen LogP contribution >= 0.6 is 0 Å². The Hall–Kier alpha value is -1.06. The second-order valence-electron chi connectivity index (χ2n) is 6.57. The van der Waals surface area contributed by atoms with E-state index in [2.05, 4.69) is 29.1 Å². The van der Waals surface area contributed by atoms with E-state index in [-0.39, 0.29) is 5.91 Å². The molecule has 0 aliphatic carbocycles. The number of carbonyl (C=O) groups excluding carboxylic acids is 1. The fourth-order valence-electron chi connectivity index (χ4n) is 3.12. The molecule has 1 amide bonds. The molecule has 0 aromatic carbocycles. The predicted octanol–water partition coefficient (Wildman–Crippen LogP) is 4.15. The van der Waals surface area contributed by atoms with Crippen molar-refractivity contribution < 1.29 is 4.79 Å². The SMILES string of the molecule is CCCCCCCCCCCC(=O)NCCN1CCN=C1CC. The van der Waals surface area contributed by atoms with Crippen LogP contribution < -0.4 is 5.32 Å². The molecule has 0 spiro atoms. The van der Waals surface area contributed by atoms with E-state index in [4.69, 9.17) is 0 Å². The quantitative estimate of drug-likeness (QED) is 0.488. The zero-order valence-electron chi connectivity index (χ0n) is 15.4. The lowest BCUT2D eigenvalue weighted by atomic mass is 10.1. The Morgan fingerprint density at radius 3 is 2.35 bits per heavy atom. The number of carbonyl (C=O) groups is 1. The summed E-state index contributed by atoms with van der Waals surface area (Å²) in [5.74, 6) is 1.40. The third kappa shape index (κ3) is 9.62. The minimum atomic E-state index is 0.210. The highest BCUT2D eigenvalue weighted by atomic mass is 16.1. The molecule has 0 aromatic heterocycles. The first-order valence-electron chi connectivity index (χ1n) is 9.82. The summed E-state index contributed by atoms with van der Waals surface area (Å²) >= 11 is 0. The second-order valence-corrected chi connectivity index (χ2v) is 6.57. The maximum Gasteiger partial charge on any atom is 0.220 e. The summed E-state index contributed by atoms with van der Waals surface area (Å²) in [6, 6.07) is 0. The van der Waals surface area contributed by atoms with E-state index >= 15 is 0 Å². The summed E-state index contributed by atoms with van der Waals surface area (Å²) in [6.45, 7) is 7.96. The molecule has 0 radical (unpaired) electrons. The smallest absolute Gasteiger partial charge is 0.220 e. The molecule has 0 atom stereocenters. The number of rotatable bonds is 14. The van der Waals surface area contributed by atoms with Crippen LogP contribution in [0.2, 0.25) is 0 Å². The number of hydrogen-bond donors (Lipinski definition) is 1. The first-order valence-corrected chi connectivity index (χ1v) is 9.82. The maximum absolute atomic E-state index is 11.8. The molecule has 4 nitrogen and oxygen atoms in total. The van der Waals surface area contributed by atoms with Gasteiger partial charge in [-0.05, 0) is 6.42 Å². The fourth-order valence-corrected chi connectivity index (χ4v) is 3.12. The molecule has 1 rings (SSSR count). The molecule has 0 unspecified atom stereocenters. The molecule has 1 heterocycles. The average Bonchev–Trinajstić information content (AvgIpc) is 3.01. The van der Waals surface area contributed by atoms with E-state index in [9.17, 15) is 4.79 Å². The summed E-state index contributed by atoms with van der Waals surface area (Å²) < 4.78 is 0. The third-order valence-corrected chi connectivity index (χ3v) is 4.56. The van der Waals surface area contributed by atoms with Gasteiger partial charge in [-0.15, -0.1) is 0 Å². The van der Waals surface area contributed by atoms with Gasteiger partial charge in [0.1, 0.15) is 0 Å². The molecule has 134 valence electrons. The second kappa shape index (κ2) is 13.4. The highest BCUT2D eigenvalue weighted by Gasteiger charge is 2.14. The highest BCUT2D eigenvalue weighted by molar-refractivity contribution is 5.83. The van der Waals surface area contributed by atoms with Crippen LogP contribution in [0.25, 0.3) is 0 Å². The maximum atomic E-state index is 11.8. The first kappa shape index (κ1) is 20.0. The van der Waals surface area contributed by atoms with Gasteiger partial charge in [0.05, 0.1) is 12.4 Å². The Bertz CT molecular complexity index is 342. The summed E-state index contributed by atoms with van der Waals surface area (Å²) in [6.07, 6.45) is 13.4. The topological polar surface area (TPSA) is 44.7 Å². The summed E-state index contributed by atoms with van der Waals surface area (Å²) in [4.78, 5) is 18.6. The van der Waals surface area contributed by atoms with Gasteiger partial charge in [-0.25, -0.2) is 0 Å². The Labute approximate surface area is 143 Å². The Morgan fingerprint density at radius 2 is 1.70 bits per heavy atom. The molecule has 23 heavy (non-hydrogen) atoms. The molecule has 0 saturated carbocycles. The summed E-state index contributed by atoms with van der Waals surface area (Å²) in [5.41, 5.74) is 0. The largest absolute Gasteiger partial charge is 0.357 e. The van der Waals surface area contributed by atoms with Crippen molar-refractivity contribution in [3.8, 4) is 0 Å². The van der Waals surface area contributed by atoms with Gasteiger partial charge in [0.2, 0.25) is 5.91 Å². The third-order valence-electron chi connectivity index (χ3n) is 4.56. The van der Waals surface area contributed by atoms with E-state index in [0.29, 0.717) is 6.42 Å². The van der Waals surface area contributed by atoms with E-state index in [1.54, 1.807) is 0 Å². The van der Waals surface area contributed by atoms with Crippen LogP contribution in [-0.2, 0) is 4.79 Å². The van der Waals surface area contributed by atoms with Crippen molar-refractivity contribution in [3.05, 3.63) is 0 Å². The molecule has 1 aliphatic rings. The minimum absolute atomic E-state index is 0.210. The fraction of sp³-hybridized carbons (Fsp3) is 0.895. The minimum Gasteiger partial charge on any atom is -0.357 e. The van der Waals surface area contributed by atoms with Gasteiger partial charge in [0.25, 0.3) is 0 Å². The van der Waals surface area contributed by atoms with E-state index in [1.165, 1.54) is 57.2 Å². The zero-order valence-corrected chi connectivity index (χ0v) is 15.4. The molecule has 0 bridgehead atoms. The van der Waals surface area contributed by atoms with Crippen molar-refractivity contribution in [1.82, 2.24) is 10.2 Å². The van der Waals surface area contributed by atoms with Crippen LogP contribution in [0.5, 0.6) is 0 Å². The lowest BCUT2D eigenvalue weighted by Crippen LogP contribution is -2.36. The van der Waals surface area contributed by atoms with Crippen LogP contribution in [0.3, 0.4) is 0 Å². The van der Waals surface area contributed by atoms with Crippen LogP contribution in [0.1, 0.15) is 84.5 Å². The van der Waals surface area contributed by atoms with E-state index in [0.717, 1.165) is 39.0 Å². The van der Waals surface area contributed by atoms with Crippen molar-refractivity contribution in [1.29, 1.82) is 0 Å². The monoisotopic (exact) mass is 323 g/mol. The number of nitrogens with one attached hydrogen (secondary N) is 1. The van der Waals surface area contributed by atoms with Crippen molar-refractivity contribution >= 4 is 11.7 Å². The van der Waals surface area contributed by atoms with Gasteiger partial charge in [-0.1, -0.05) is 65.2 Å². The van der Waals surface area contributed by atoms with Gasteiger partial charge in [0.15, 0.2) is 0 Å². The molecular formula is C19H37N3O. The van der Waals surface area contributed by atoms with Crippen LogP contribution in [0, 0.1) is 0 Å². The Balaban J connectivity index is 1.88. The number of hydrogen-bond acceptors (Lipinski definition) is 3. The number of amides is 1. The number of nitrogens with zero attached hydrogens (tertiary/aromatic N) is 2. The molecular weight excluding hydrogens is 286 g/mol. The molecule has 1 aliphatic heterocycles. The highest BCUT2D eigenvalue weighted by Crippen LogP contribution is 2.10. The Morgan fingerprint density at radius 1 is 1.04 bits per heavy atom. The summed E-state index contributed by atoms with van der Waals surface area (Å²) in [7, 11) is 0. The van der Waals surface area contributed by atoms with E-state index in [1.807, 2.05) is 0 Å². The average molecular weight is 324 g/mol. The Kier molecular flexibility index (Phi) is 11.6. The molecule has 4 heteroatoms. The predicted molar refractivity (Wildman–Crippen MR) is 99.0 cm³/mol. The number of amidine groups is 1. The number of unbranched alkanes of at least 4 members (excludes halogenated alkanes) is 8. The van der Waals surface area contributed by atoms with Gasteiger partial charge in [0, 0.05) is 32.5 Å². The lowest BCUT2D eigenvalue weighted by Gasteiger charge is -2.19. The van der Waals surface area contributed by atoms with Crippen LogP contribution in [0.4, 0.5) is 0 Å². The van der Waals surface area contributed by atoms with Gasteiger partial charge in [-0.2, -0.15) is 0 Å². The number of aliphatic imine (C=N–C) groups is 1. The first-order chi connectivity index (χ1) is 11.3. The molecule has 1 N–H and O–H groups in total. The van der Waals surface area contributed by atoms with E-state index < -0.39 is 0 Å². The zero-order chi connectivity index (χ0) is 16.8. The van der Waals surface area contributed by atoms with Crippen molar-refractivity contribution in [2.24, 2.45) is 4.99 Å². The normalized spacial score (nSPS) is 14.2. The van der Waals surface area contributed by atoms with Crippen molar-refractivity contribution in [2.45, 2.75) is 84.5 Å². The molecule has 0 fully saturated rings. The molecule has 0 aromatic rings. The van der Waals surface area contributed by atoms with Gasteiger partial charge in [-0.3, -0.25) is 9.79 Å². The van der Waals surface area contributed by atoms with Crippen LogP contribution in [0.15, 0.2) is 4.99 Å². The van der Waals surface area contributed by atoms with Crippen LogP contribution in [-0.4, -0.2) is 42.8 Å². The summed E-state index contributed by atoms with van der Waals surface area (Å²) in [5, 5.41) is 3.04. The van der Waals surface area contributed by atoms with Gasteiger partial charge >= 0.3 is 0 Å². The van der Waals surface area contributed by atoms with Crippen molar-refractivity contribution in [3.63, 3.8) is 0 Å². The van der Waals surface area contributed by atoms with Crippen molar-refractivity contribution in [2.75, 3.05) is 26.2 Å². The van der Waals surface area contributed by atoms with Gasteiger partial charge < -0.3 is 10.2 Å². The standard InChI is InChI=1S/C19H37N3O/c1-3-5-6-7-8-9-10-11-12-13-19(23)21-15-17-22-16-14-20-18(22)4-2/h3-17H2,1-2H3,(H,21,23). The lowest BCUT2D eigenvalue weighted by molar-refractivity contribution is -0.121. The molecule has 0 saturated heterocycles.